The second kappa shape index (κ2) is 6.44. The molecule has 0 unspecified atom stereocenters. The number of rotatable bonds is 2. The monoisotopic (exact) mass is 368 g/mol. The summed E-state index contributed by atoms with van der Waals surface area (Å²) in [7, 11) is 10.1. The highest BCUT2D eigenvalue weighted by Gasteiger charge is 2.27. The van der Waals surface area contributed by atoms with Crippen molar-refractivity contribution in [2.75, 3.05) is 9.84 Å². The molecule has 0 aromatic heterocycles. The lowest BCUT2D eigenvalue weighted by molar-refractivity contribution is 1.12. The fourth-order valence-electron chi connectivity index (χ4n) is 2.75. The van der Waals surface area contributed by atoms with Gasteiger partial charge in [-0.25, -0.2) is 0 Å². The molecule has 3 aromatic rings. The summed E-state index contributed by atoms with van der Waals surface area (Å²) in [4.78, 5) is 4.27. The van der Waals surface area contributed by atoms with Crippen molar-refractivity contribution in [2.24, 2.45) is 0 Å². The van der Waals surface area contributed by atoms with Gasteiger partial charge in [0.2, 0.25) is 0 Å². The Kier molecular flexibility index (Phi) is 4.15. The second-order valence-electron chi connectivity index (χ2n) is 5.64. The van der Waals surface area contributed by atoms with E-state index < -0.39 is 0 Å². The van der Waals surface area contributed by atoms with Crippen LogP contribution in [0.1, 0.15) is 0 Å². The minimum absolute atomic E-state index is 0.760. The second-order valence-corrected chi connectivity index (χ2v) is 6.56. The van der Waals surface area contributed by atoms with Crippen molar-refractivity contribution in [1.82, 2.24) is 0 Å². The Morgan fingerprint density at radius 3 is 1.62 bits per heavy atom. The summed E-state index contributed by atoms with van der Waals surface area (Å²) in [6.07, 6.45) is 0. The lowest BCUT2D eigenvalue weighted by atomic mass is 9.63. The predicted octanol–water partition coefficient (Wildman–Crippen LogP) is 1.67. The average molecular weight is 369 g/mol. The minimum atomic E-state index is 0.760. The molecule has 1 aliphatic heterocycles. The number of fused-ring (bicyclic) bond motifs is 1. The van der Waals surface area contributed by atoms with Crippen LogP contribution in [0.2, 0.25) is 0 Å². The normalized spacial score (nSPS) is 13.0. The SMILES string of the molecule is [B]c1ccc(N2[B]c3ccccc3[B]N2c2ccc(Br)cc2)cc1. The van der Waals surface area contributed by atoms with Crippen molar-refractivity contribution < 1.29 is 0 Å². The Labute approximate surface area is 153 Å². The molecule has 0 saturated carbocycles. The third-order valence-corrected chi connectivity index (χ3v) is 4.53. The van der Waals surface area contributed by atoms with Gasteiger partial charge in [-0.3, -0.25) is 0 Å². The highest BCUT2D eigenvalue weighted by molar-refractivity contribution is 9.10. The van der Waals surface area contributed by atoms with E-state index in [1.54, 1.807) is 0 Å². The minimum Gasteiger partial charge on any atom is -0.342 e. The van der Waals surface area contributed by atoms with Crippen LogP contribution >= 0.6 is 15.9 Å². The van der Waals surface area contributed by atoms with Crippen molar-refractivity contribution in [3.05, 3.63) is 77.3 Å². The molecular formula is C18H12B3BrN2. The number of anilines is 2. The third-order valence-electron chi connectivity index (χ3n) is 4.00. The molecule has 4 rings (SSSR count). The quantitative estimate of drug-likeness (QED) is 0.635. The molecule has 110 valence electrons. The first-order valence-electron chi connectivity index (χ1n) is 7.69. The van der Waals surface area contributed by atoms with Crippen LogP contribution in [-0.2, 0) is 0 Å². The highest BCUT2D eigenvalue weighted by atomic mass is 79.9. The zero-order valence-electron chi connectivity index (χ0n) is 12.9. The number of hydrogen-bond donors (Lipinski definition) is 0. The van der Waals surface area contributed by atoms with Crippen LogP contribution in [0.4, 0.5) is 11.4 Å². The van der Waals surface area contributed by atoms with Crippen molar-refractivity contribution in [3.63, 3.8) is 0 Å². The Balaban J connectivity index is 1.78. The molecule has 2 nitrogen and oxygen atoms in total. The van der Waals surface area contributed by atoms with E-state index in [4.69, 9.17) is 7.85 Å². The van der Waals surface area contributed by atoms with E-state index in [2.05, 4.69) is 77.0 Å². The molecule has 0 N–H and O–H groups in total. The first kappa shape index (κ1) is 15.5. The third kappa shape index (κ3) is 2.98. The summed E-state index contributed by atoms with van der Waals surface area (Å²) in [5.74, 6) is 0. The van der Waals surface area contributed by atoms with Gasteiger partial charge in [0.25, 0.3) is 0 Å². The molecule has 0 amide bonds. The van der Waals surface area contributed by atoms with E-state index in [9.17, 15) is 0 Å². The number of hydrogen-bond acceptors (Lipinski definition) is 2. The zero-order valence-corrected chi connectivity index (χ0v) is 14.5. The number of benzene rings is 3. The van der Waals surface area contributed by atoms with Gasteiger partial charge >= 0.3 is 14.8 Å². The summed E-state index contributed by atoms with van der Waals surface area (Å²) in [5, 5.41) is 0. The van der Waals surface area contributed by atoms with Crippen LogP contribution in [0, 0.1) is 0 Å². The lowest BCUT2D eigenvalue weighted by Crippen LogP contribution is -2.63. The average Bonchev–Trinajstić information content (AvgIpc) is 2.62. The lowest BCUT2D eigenvalue weighted by Gasteiger charge is -2.42. The summed E-state index contributed by atoms with van der Waals surface area (Å²) < 4.78 is 1.06. The maximum absolute atomic E-state index is 5.84. The molecule has 0 spiro atoms. The van der Waals surface area contributed by atoms with Crippen LogP contribution < -0.4 is 26.2 Å². The molecule has 3 aromatic carbocycles. The van der Waals surface area contributed by atoms with Gasteiger partial charge in [0, 0.05) is 15.8 Å². The van der Waals surface area contributed by atoms with Crippen molar-refractivity contribution in [2.45, 2.75) is 0 Å². The largest absolute Gasteiger partial charge is 0.342 e. The molecule has 0 aliphatic carbocycles. The van der Waals surface area contributed by atoms with Gasteiger partial charge in [-0.2, -0.15) is 0 Å². The van der Waals surface area contributed by atoms with Gasteiger partial charge in [0.15, 0.2) is 0 Å². The summed E-state index contributed by atoms with van der Waals surface area (Å²) in [6, 6.07) is 24.5. The highest BCUT2D eigenvalue weighted by Crippen LogP contribution is 2.23. The van der Waals surface area contributed by atoms with Gasteiger partial charge in [-0.15, -0.1) is 0 Å². The van der Waals surface area contributed by atoms with Gasteiger partial charge in [0.05, 0.1) is 0 Å². The fourth-order valence-corrected chi connectivity index (χ4v) is 3.02. The molecule has 6 heteroatoms. The molecular weight excluding hydrogens is 357 g/mol. The van der Waals surface area contributed by atoms with Gasteiger partial charge in [-0.05, 0) is 36.4 Å². The first-order chi connectivity index (χ1) is 11.7. The van der Waals surface area contributed by atoms with E-state index in [-0.39, 0.29) is 0 Å². The maximum atomic E-state index is 5.84. The molecule has 0 atom stereocenters. The fraction of sp³-hybridized carbons (Fsp3) is 0. The Hall–Kier alpha value is -2.07. The number of halogens is 1. The number of hydrazine groups is 1. The van der Waals surface area contributed by atoms with Gasteiger partial charge < -0.3 is 9.84 Å². The molecule has 1 heterocycles. The van der Waals surface area contributed by atoms with Crippen LogP contribution in [0.3, 0.4) is 0 Å². The van der Waals surface area contributed by atoms with Crippen LogP contribution in [0.15, 0.2) is 77.3 Å². The Bertz CT molecular complexity index is 780. The molecule has 0 saturated heterocycles. The van der Waals surface area contributed by atoms with E-state index in [0.717, 1.165) is 21.3 Å². The summed E-state index contributed by atoms with van der Waals surface area (Å²) in [6.45, 7) is 0. The summed E-state index contributed by atoms with van der Waals surface area (Å²) in [5.41, 5.74) is 5.27. The Morgan fingerprint density at radius 1 is 0.667 bits per heavy atom. The number of nitrogens with zero attached hydrogens (tertiary/aromatic N) is 2. The summed E-state index contributed by atoms with van der Waals surface area (Å²) >= 11 is 3.50. The smallest absolute Gasteiger partial charge is 0.312 e. The first-order valence-corrected chi connectivity index (χ1v) is 8.48. The maximum Gasteiger partial charge on any atom is 0.312 e. The standard InChI is InChI=1S/C18H12B3BrN2/c19-13-5-9-15(10-6-13)23-20-17-3-1-2-4-18(17)21-24(23)16-11-7-14(22)8-12-16/h1-12H. The van der Waals surface area contributed by atoms with Crippen molar-refractivity contribution >= 4 is 66.4 Å². The van der Waals surface area contributed by atoms with E-state index >= 15 is 0 Å². The molecule has 4 radical (unpaired) electrons. The van der Waals surface area contributed by atoms with Crippen LogP contribution in [-0.4, -0.2) is 22.7 Å². The van der Waals surface area contributed by atoms with E-state index in [0.29, 0.717) is 0 Å². The van der Waals surface area contributed by atoms with Crippen LogP contribution in [0.25, 0.3) is 0 Å². The molecule has 1 aliphatic rings. The van der Waals surface area contributed by atoms with E-state index in [1.807, 2.05) is 36.4 Å². The van der Waals surface area contributed by atoms with Crippen molar-refractivity contribution in [3.8, 4) is 0 Å². The molecule has 0 bridgehead atoms. The van der Waals surface area contributed by atoms with Gasteiger partial charge in [0.1, 0.15) is 7.85 Å². The van der Waals surface area contributed by atoms with Crippen molar-refractivity contribution in [1.29, 1.82) is 0 Å². The Morgan fingerprint density at radius 2 is 1.12 bits per heavy atom. The van der Waals surface area contributed by atoms with Crippen LogP contribution in [0.5, 0.6) is 0 Å². The molecule has 24 heavy (non-hydrogen) atoms. The van der Waals surface area contributed by atoms with E-state index in [1.165, 1.54) is 10.9 Å². The molecule has 0 fully saturated rings. The van der Waals surface area contributed by atoms with Gasteiger partial charge in [-0.1, -0.05) is 68.7 Å². The zero-order chi connectivity index (χ0) is 16.5. The topological polar surface area (TPSA) is 6.48 Å². The predicted molar refractivity (Wildman–Crippen MR) is 108 cm³/mol.